The topological polar surface area (TPSA) is 145 Å². The Balaban J connectivity index is 0. The van der Waals surface area contributed by atoms with E-state index in [4.69, 9.17) is 29.8 Å². The highest BCUT2D eigenvalue weighted by Crippen LogP contribution is 2.39. The zero-order chi connectivity index (χ0) is 20.9. The number of hydrogen-bond donors (Lipinski definition) is 4. The molecule has 6 N–H and O–H groups in total. The second kappa shape index (κ2) is 14.6. The molecule has 26 heavy (non-hydrogen) atoms. The van der Waals surface area contributed by atoms with Crippen LogP contribution in [0.15, 0.2) is 0 Å². The standard InChI is InChI=1S/C13H32N2O6P2S.C2H6/c1-12(20-22(14,16)17)8-4-6-10-24-11-7-5-9-13(2,3)21-23(15,18)19;1-2/h12H,4-11H2,1-3H3,(H3,14,16,17)(H3,15,18,19);1-2H3. The minimum absolute atomic E-state index is 0.317. The molecule has 160 valence electrons. The fourth-order valence-electron chi connectivity index (χ4n) is 2.20. The van der Waals surface area contributed by atoms with Gasteiger partial charge >= 0.3 is 15.5 Å². The summed E-state index contributed by atoms with van der Waals surface area (Å²) in [4.78, 5) is 17.9. The Morgan fingerprint density at radius 3 is 1.96 bits per heavy atom. The maximum atomic E-state index is 11.1. The minimum atomic E-state index is -3.94. The summed E-state index contributed by atoms with van der Waals surface area (Å²) in [6.45, 7) is 9.25. The van der Waals surface area contributed by atoms with Gasteiger partial charge in [0.1, 0.15) is 0 Å². The highest BCUT2D eigenvalue weighted by Gasteiger charge is 2.26. The molecule has 8 nitrogen and oxygen atoms in total. The molecule has 3 unspecified atom stereocenters. The third-order valence-corrected chi connectivity index (χ3v) is 5.75. The van der Waals surface area contributed by atoms with E-state index in [9.17, 15) is 9.13 Å². The molecule has 0 aliphatic heterocycles. The van der Waals surface area contributed by atoms with Crippen LogP contribution in [0.5, 0.6) is 0 Å². The van der Waals surface area contributed by atoms with E-state index in [-0.39, 0.29) is 6.10 Å². The van der Waals surface area contributed by atoms with Crippen molar-refractivity contribution in [1.82, 2.24) is 0 Å². The van der Waals surface area contributed by atoms with Gasteiger partial charge < -0.3 is 9.79 Å². The van der Waals surface area contributed by atoms with Gasteiger partial charge in [-0.3, -0.25) is 9.05 Å². The average Bonchev–Trinajstić information content (AvgIpc) is 2.43. The van der Waals surface area contributed by atoms with Gasteiger partial charge in [-0.05, 0) is 64.4 Å². The monoisotopic (exact) mass is 436 g/mol. The largest absolute Gasteiger partial charge is 0.400 e. The quantitative estimate of drug-likeness (QED) is 0.230. The highest BCUT2D eigenvalue weighted by molar-refractivity contribution is 7.99. The first-order chi connectivity index (χ1) is 11.8. The molecular formula is C15H38N2O6P2S. The van der Waals surface area contributed by atoms with Crippen LogP contribution in [0.1, 0.15) is 73.1 Å². The molecule has 0 aromatic carbocycles. The number of nitrogens with two attached hydrogens (primary N) is 2. The van der Waals surface area contributed by atoms with Crippen LogP contribution >= 0.6 is 27.3 Å². The Hall–Kier alpha value is 0.570. The van der Waals surface area contributed by atoms with Gasteiger partial charge in [-0.25, -0.2) is 20.1 Å². The molecule has 11 heteroatoms. The van der Waals surface area contributed by atoms with Crippen molar-refractivity contribution in [2.45, 2.75) is 84.8 Å². The van der Waals surface area contributed by atoms with E-state index >= 15 is 0 Å². The number of hydrogen-bond acceptors (Lipinski definition) is 5. The molecule has 0 aliphatic carbocycles. The van der Waals surface area contributed by atoms with E-state index < -0.39 is 21.1 Å². The van der Waals surface area contributed by atoms with Crippen LogP contribution in [0.2, 0.25) is 0 Å². The number of thioether (sulfide) groups is 1. The summed E-state index contributed by atoms with van der Waals surface area (Å²) >= 11 is 1.84. The normalized spacial score (nSPS) is 17.6. The van der Waals surface area contributed by atoms with Crippen LogP contribution in [0.3, 0.4) is 0 Å². The van der Waals surface area contributed by atoms with Crippen molar-refractivity contribution in [2.75, 3.05) is 11.5 Å². The predicted octanol–water partition coefficient (Wildman–Crippen LogP) is 4.40. The molecule has 0 aliphatic rings. The lowest BCUT2D eigenvalue weighted by Crippen LogP contribution is -2.24. The van der Waals surface area contributed by atoms with Crippen LogP contribution in [0, 0.1) is 0 Å². The first kappa shape index (κ1) is 28.8. The van der Waals surface area contributed by atoms with Gasteiger partial charge in [-0.2, -0.15) is 11.8 Å². The average molecular weight is 436 g/mol. The lowest BCUT2D eigenvalue weighted by molar-refractivity contribution is 0.0814. The molecule has 0 spiro atoms. The van der Waals surface area contributed by atoms with Gasteiger partial charge in [0, 0.05) is 0 Å². The second-order valence-electron chi connectivity index (χ2n) is 6.46. The molecular weight excluding hydrogens is 398 g/mol. The van der Waals surface area contributed by atoms with Gasteiger partial charge in [-0.1, -0.05) is 20.3 Å². The summed E-state index contributed by atoms with van der Waals surface area (Å²) in [5.41, 5.74) is 9.25. The Labute approximate surface area is 163 Å². The SMILES string of the molecule is CC.CC(CCCCSCCCCC(C)(C)OP(N)(=O)O)OP(N)(=O)O. The van der Waals surface area contributed by atoms with Crippen LogP contribution < -0.4 is 11.0 Å². The summed E-state index contributed by atoms with van der Waals surface area (Å²) < 4.78 is 31.7. The third-order valence-electron chi connectivity index (χ3n) is 3.18. The summed E-state index contributed by atoms with van der Waals surface area (Å²) in [5, 5.41) is 0. The zero-order valence-corrected chi connectivity index (χ0v) is 19.3. The van der Waals surface area contributed by atoms with Crippen molar-refractivity contribution in [3.8, 4) is 0 Å². The van der Waals surface area contributed by atoms with Crippen LogP contribution in [-0.2, 0) is 18.2 Å². The third kappa shape index (κ3) is 22.6. The smallest absolute Gasteiger partial charge is 0.313 e. The molecule has 0 amide bonds. The van der Waals surface area contributed by atoms with Crippen LogP contribution in [0.25, 0.3) is 0 Å². The summed E-state index contributed by atoms with van der Waals surface area (Å²) in [5.74, 6) is 2.02. The lowest BCUT2D eigenvalue weighted by Gasteiger charge is -2.25. The molecule has 0 radical (unpaired) electrons. The van der Waals surface area contributed by atoms with Crippen molar-refractivity contribution >= 4 is 27.3 Å². The second-order valence-corrected chi connectivity index (χ2v) is 10.3. The fraction of sp³-hybridized carbons (Fsp3) is 1.00. The van der Waals surface area contributed by atoms with Crippen molar-refractivity contribution in [3.05, 3.63) is 0 Å². The first-order valence-corrected chi connectivity index (χ1v) is 13.5. The maximum Gasteiger partial charge on any atom is 0.400 e. The molecule has 3 atom stereocenters. The van der Waals surface area contributed by atoms with Crippen molar-refractivity contribution in [1.29, 1.82) is 0 Å². The predicted molar refractivity (Wildman–Crippen MR) is 110 cm³/mol. The van der Waals surface area contributed by atoms with Gasteiger partial charge in [0.05, 0.1) is 11.7 Å². The molecule has 0 saturated carbocycles. The van der Waals surface area contributed by atoms with Gasteiger partial charge in [0.2, 0.25) is 0 Å². The number of unbranched alkanes of at least 4 members (excludes halogenated alkanes) is 2. The van der Waals surface area contributed by atoms with E-state index in [0.29, 0.717) is 12.8 Å². The summed E-state index contributed by atoms with van der Waals surface area (Å²) in [6, 6.07) is 0. The summed E-state index contributed by atoms with van der Waals surface area (Å²) in [7, 11) is -7.82. The molecule has 0 aromatic heterocycles. The van der Waals surface area contributed by atoms with E-state index in [1.54, 1.807) is 20.8 Å². The van der Waals surface area contributed by atoms with Crippen molar-refractivity contribution in [2.24, 2.45) is 11.0 Å². The van der Waals surface area contributed by atoms with E-state index in [1.807, 2.05) is 25.6 Å². The Morgan fingerprint density at radius 1 is 1.00 bits per heavy atom. The van der Waals surface area contributed by atoms with Crippen molar-refractivity contribution < 1.29 is 28.0 Å². The van der Waals surface area contributed by atoms with Gasteiger partial charge in [-0.15, -0.1) is 0 Å². The first-order valence-electron chi connectivity index (χ1n) is 9.00. The lowest BCUT2D eigenvalue weighted by atomic mass is 10.0. The van der Waals surface area contributed by atoms with E-state index in [1.165, 1.54) is 0 Å². The fourth-order valence-corrected chi connectivity index (χ4v) is 4.64. The van der Waals surface area contributed by atoms with E-state index in [2.05, 4.69) is 0 Å². The highest BCUT2D eigenvalue weighted by atomic mass is 32.2. The Bertz CT molecular complexity index is 442. The molecule has 0 saturated heterocycles. The van der Waals surface area contributed by atoms with Crippen molar-refractivity contribution in [3.63, 3.8) is 0 Å². The summed E-state index contributed by atoms with van der Waals surface area (Å²) in [6.07, 6.45) is 4.87. The molecule has 0 bridgehead atoms. The molecule has 0 rings (SSSR count). The molecule has 0 fully saturated rings. The van der Waals surface area contributed by atoms with Gasteiger partial charge in [0.25, 0.3) is 0 Å². The van der Waals surface area contributed by atoms with E-state index in [0.717, 1.165) is 37.2 Å². The van der Waals surface area contributed by atoms with Crippen LogP contribution in [0.4, 0.5) is 0 Å². The molecule has 0 aromatic rings. The van der Waals surface area contributed by atoms with Gasteiger partial charge in [0.15, 0.2) is 0 Å². The Kier molecular flexibility index (Phi) is 16.1. The minimum Gasteiger partial charge on any atom is -0.313 e. The zero-order valence-electron chi connectivity index (χ0n) is 16.7. The maximum absolute atomic E-state index is 11.1. The number of rotatable bonds is 14. The van der Waals surface area contributed by atoms with Crippen LogP contribution in [-0.4, -0.2) is 33.0 Å². The Morgan fingerprint density at radius 2 is 1.50 bits per heavy atom. The molecule has 0 heterocycles.